The molecule has 85 heavy (non-hydrogen) atoms. The van der Waals surface area contributed by atoms with Crippen LogP contribution in [-0.4, -0.2) is 78.4 Å². The maximum Gasteiger partial charge on any atom is 0.312 e. The molecule has 11 heteroatoms. The van der Waals surface area contributed by atoms with Crippen LogP contribution >= 0.6 is 0 Å². The molecule has 10 aliphatic carbocycles. The van der Waals surface area contributed by atoms with Crippen molar-refractivity contribution in [3.63, 3.8) is 0 Å². The highest BCUT2D eigenvalue weighted by molar-refractivity contribution is 5.77. The SMILES string of the molecule is CCC(C)(C)C(=O)OC(C)(C)C12CC3CC(C(C)(C)O)(CC(C(C)(C)O)(C3)C1)C2.CCC(C)(C)C(=O)OC(C)(C)C1CCC(C(C)(C)O)CC1.CCC(C)(C)C(=O)OC1(C)CCCCC1.CCC(C)(C)C(=O)OC1(CC)C2CC3CC(C2)CC1C3. The Hall–Kier alpha value is -2.24. The van der Waals surface area contributed by atoms with Crippen LogP contribution in [0.2, 0.25) is 0 Å². The number of rotatable bonds is 18. The minimum absolute atomic E-state index is 0.0330. The van der Waals surface area contributed by atoms with Crippen LogP contribution in [0.25, 0.3) is 0 Å². The van der Waals surface area contributed by atoms with E-state index in [1.54, 1.807) is 0 Å². The van der Waals surface area contributed by atoms with Crippen LogP contribution in [0.5, 0.6) is 0 Å². The monoisotopic (exact) mass is 1200 g/mol. The third kappa shape index (κ3) is 15.9. The van der Waals surface area contributed by atoms with E-state index in [4.69, 9.17) is 18.9 Å². The third-order valence-corrected chi connectivity index (χ3v) is 25.7. The summed E-state index contributed by atoms with van der Waals surface area (Å²) in [6.45, 7) is 47.9. The first-order valence-electron chi connectivity index (χ1n) is 34.7. The van der Waals surface area contributed by atoms with E-state index in [0.717, 1.165) is 121 Å². The summed E-state index contributed by atoms with van der Waals surface area (Å²) < 4.78 is 24.1. The average Bonchev–Trinajstić information content (AvgIpc) is 0.713. The Morgan fingerprint density at radius 2 is 0.788 bits per heavy atom. The van der Waals surface area contributed by atoms with E-state index in [1.807, 2.05) is 132 Å². The molecule has 2 atom stereocenters. The van der Waals surface area contributed by atoms with Gasteiger partial charge in [0.1, 0.15) is 22.4 Å². The average molecular weight is 1200 g/mol. The van der Waals surface area contributed by atoms with Crippen LogP contribution in [0.15, 0.2) is 0 Å². The maximum absolute atomic E-state index is 13.0. The lowest BCUT2D eigenvalue weighted by Crippen LogP contribution is -2.71. The molecule has 0 heterocycles. The lowest BCUT2D eigenvalue weighted by Gasteiger charge is -2.73. The molecule has 0 radical (unpaired) electrons. The minimum atomic E-state index is -0.836. The van der Waals surface area contributed by atoms with Crippen molar-refractivity contribution >= 4 is 23.9 Å². The van der Waals surface area contributed by atoms with Crippen molar-refractivity contribution in [2.45, 2.75) is 366 Å². The highest BCUT2D eigenvalue weighted by Gasteiger charge is 2.73. The van der Waals surface area contributed by atoms with Crippen LogP contribution < -0.4 is 0 Å². The van der Waals surface area contributed by atoms with Gasteiger partial charge in [-0.05, 0) is 327 Å². The molecule has 10 saturated carbocycles. The molecule has 494 valence electrons. The molecule has 10 aliphatic rings. The van der Waals surface area contributed by atoms with Gasteiger partial charge in [-0.25, -0.2) is 0 Å². The lowest BCUT2D eigenvalue weighted by molar-refractivity contribution is -0.295. The number of carbonyl (C=O) groups excluding carboxylic acids is 4. The van der Waals surface area contributed by atoms with Gasteiger partial charge in [0.2, 0.25) is 0 Å². The Labute approximate surface area is 520 Å². The Morgan fingerprint density at radius 3 is 1.16 bits per heavy atom. The van der Waals surface area contributed by atoms with Gasteiger partial charge in [0.15, 0.2) is 0 Å². The molecular weight excluding hydrogens is 1060 g/mol. The smallest absolute Gasteiger partial charge is 0.312 e. The normalized spacial score (nSPS) is 32.8. The summed E-state index contributed by atoms with van der Waals surface area (Å²) in [5.41, 5.74) is -6.00. The molecule has 0 aromatic rings. The topological polar surface area (TPSA) is 166 Å². The maximum atomic E-state index is 13.0. The van der Waals surface area contributed by atoms with Crippen LogP contribution in [0.1, 0.15) is 327 Å². The molecule has 0 saturated heterocycles. The first-order valence-corrected chi connectivity index (χ1v) is 34.7. The summed E-state index contributed by atoms with van der Waals surface area (Å²) in [5, 5.41) is 32.7. The van der Waals surface area contributed by atoms with Crippen molar-refractivity contribution in [2.75, 3.05) is 0 Å². The number of esters is 4. The molecule has 10 rings (SSSR count). The Morgan fingerprint density at radius 1 is 0.435 bits per heavy atom. The molecule has 0 spiro atoms. The number of ether oxygens (including phenoxy) is 4. The molecule has 0 aromatic carbocycles. The van der Waals surface area contributed by atoms with Gasteiger partial charge in [-0.15, -0.1) is 0 Å². The summed E-state index contributed by atoms with van der Waals surface area (Å²) in [4.78, 5) is 49.9. The van der Waals surface area contributed by atoms with Crippen LogP contribution in [-0.2, 0) is 38.1 Å². The van der Waals surface area contributed by atoms with Gasteiger partial charge in [-0.2, -0.15) is 0 Å². The van der Waals surface area contributed by atoms with Crippen LogP contribution in [0.4, 0.5) is 0 Å². The van der Waals surface area contributed by atoms with E-state index in [-0.39, 0.29) is 62.2 Å². The molecular formula is C74H132O11. The van der Waals surface area contributed by atoms with Crippen molar-refractivity contribution in [1.29, 1.82) is 0 Å². The summed E-state index contributed by atoms with van der Waals surface area (Å²) in [6, 6.07) is 0. The first-order chi connectivity index (χ1) is 38.5. The highest BCUT2D eigenvalue weighted by Crippen LogP contribution is 2.77. The summed E-state index contributed by atoms with van der Waals surface area (Å²) in [7, 11) is 0. The molecule has 10 fully saturated rings. The van der Waals surface area contributed by atoms with E-state index in [9.17, 15) is 34.5 Å². The van der Waals surface area contributed by atoms with E-state index in [0.29, 0.717) is 29.6 Å². The van der Waals surface area contributed by atoms with E-state index >= 15 is 0 Å². The van der Waals surface area contributed by atoms with Crippen molar-refractivity contribution in [3.8, 4) is 0 Å². The van der Waals surface area contributed by atoms with Gasteiger partial charge < -0.3 is 34.3 Å². The molecule has 11 nitrogen and oxygen atoms in total. The van der Waals surface area contributed by atoms with Crippen molar-refractivity contribution in [3.05, 3.63) is 0 Å². The molecule has 0 aliphatic heterocycles. The first kappa shape index (κ1) is 73.5. The standard InChI is InChI=1S/C25H44O4.C18H34O3.C18H30O2.C13H24O2/c1-10-19(2,3)18(26)29-22(8,9)25-13-17-11-23(15-25,20(4,5)27)14-24(12-17,16-25)21(6,7)28;1-8-16(2,3)15(19)21-18(6,7)14-11-9-13(10-12-14)17(4,5)20;1-5-17(3,4)16(19)20-18(6-2)14-8-12-7-13(10-14)11-15(18)9-12;1-5-12(2,3)11(14)15-13(4)9-7-6-8-10-13/h17,27-28H,10-16H2,1-9H3;13-14,20H,8-12H2,1-7H3;12-15H,5-11H2,1-4H3;5-10H2,1-4H3. The zero-order valence-corrected chi connectivity index (χ0v) is 59.3. The predicted molar refractivity (Wildman–Crippen MR) is 343 cm³/mol. The number of aliphatic hydroxyl groups is 3. The molecule has 8 bridgehead atoms. The molecule has 2 unspecified atom stereocenters. The van der Waals surface area contributed by atoms with Gasteiger partial charge in [0.25, 0.3) is 0 Å². The van der Waals surface area contributed by atoms with Gasteiger partial charge in [0, 0.05) is 16.2 Å². The second kappa shape index (κ2) is 25.8. The summed E-state index contributed by atoms with van der Waals surface area (Å²) in [6.07, 6.45) is 26.2. The quantitative estimate of drug-likeness (QED) is 0.0883. The molecule has 0 aromatic heterocycles. The van der Waals surface area contributed by atoms with Gasteiger partial charge in [-0.3, -0.25) is 19.2 Å². The second-order valence-corrected chi connectivity index (χ2v) is 35.4. The summed E-state index contributed by atoms with van der Waals surface area (Å²) in [5.74, 6) is 4.07. The third-order valence-electron chi connectivity index (χ3n) is 25.7. The van der Waals surface area contributed by atoms with Crippen molar-refractivity contribution in [2.24, 2.45) is 79.3 Å². The Kier molecular flexibility index (Phi) is 22.3. The lowest BCUT2D eigenvalue weighted by atomic mass is 9.33. The molecule has 0 amide bonds. The number of carbonyl (C=O) groups is 4. The van der Waals surface area contributed by atoms with Crippen LogP contribution in [0.3, 0.4) is 0 Å². The van der Waals surface area contributed by atoms with Crippen LogP contribution in [0, 0.1) is 79.3 Å². The predicted octanol–water partition coefficient (Wildman–Crippen LogP) is 17.8. The van der Waals surface area contributed by atoms with E-state index in [1.165, 1.54) is 51.4 Å². The largest absolute Gasteiger partial charge is 0.459 e. The summed E-state index contributed by atoms with van der Waals surface area (Å²) >= 11 is 0. The van der Waals surface area contributed by atoms with E-state index < -0.39 is 38.8 Å². The zero-order chi connectivity index (χ0) is 64.9. The fourth-order valence-electron chi connectivity index (χ4n) is 17.4. The fourth-order valence-corrected chi connectivity index (χ4v) is 17.4. The number of hydrogen-bond donors (Lipinski definition) is 3. The fraction of sp³-hybridized carbons (Fsp3) is 0.946. The van der Waals surface area contributed by atoms with Gasteiger partial charge in [0.05, 0.1) is 38.5 Å². The second-order valence-electron chi connectivity index (χ2n) is 35.4. The molecule has 3 N–H and O–H groups in total. The Balaban J connectivity index is 0.000000213. The minimum Gasteiger partial charge on any atom is -0.459 e. The Bertz CT molecular complexity index is 2200. The number of hydrogen-bond acceptors (Lipinski definition) is 11. The van der Waals surface area contributed by atoms with Crippen molar-refractivity contribution in [1.82, 2.24) is 0 Å². The van der Waals surface area contributed by atoms with E-state index in [2.05, 4.69) is 34.6 Å². The van der Waals surface area contributed by atoms with Crippen molar-refractivity contribution < 1.29 is 53.4 Å². The highest BCUT2D eigenvalue weighted by atomic mass is 16.6. The zero-order valence-electron chi connectivity index (χ0n) is 59.3. The van der Waals surface area contributed by atoms with Gasteiger partial charge in [-0.1, -0.05) is 41.0 Å². The van der Waals surface area contributed by atoms with Gasteiger partial charge >= 0.3 is 23.9 Å².